The van der Waals surface area contributed by atoms with Gasteiger partial charge in [-0.05, 0) is 18.7 Å². The molecule has 0 bridgehead atoms. The molecule has 1 aromatic heterocycles. The summed E-state index contributed by atoms with van der Waals surface area (Å²) in [7, 11) is 1.92. The first-order valence-electron chi connectivity index (χ1n) is 2.61. The van der Waals surface area contributed by atoms with E-state index in [0.29, 0.717) is 0 Å². The number of aromatic amines is 1. The Bertz CT molecular complexity index is 132. The summed E-state index contributed by atoms with van der Waals surface area (Å²) in [6, 6.07) is 1.93. The van der Waals surface area contributed by atoms with Gasteiger partial charge in [-0.1, -0.05) is 0 Å². The summed E-state index contributed by atoms with van der Waals surface area (Å²) in [5.41, 5.74) is 1.24. The van der Waals surface area contributed by atoms with Gasteiger partial charge in [-0.2, -0.15) is 0 Å². The highest BCUT2D eigenvalue weighted by Gasteiger charge is 1.85. The molecule has 0 aromatic carbocycles. The van der Waals surface area contributed by atoms with E-state index in [4.69, 9.17) is 0 Å². The van der Waals surface area contributed by atoms with E-state index in [2.05, 4.69) is 16.5 Å². The molecule has 0 aliphatic carbocycles. The van der Waals surface area contributed by atoms with Crippen molar-refractivity contribution in [3.63, 3.8) is 0 Å². The Morgan fingerprint density at radius 1 is 1.88 bits per heavy atom. The predicted molar refractivity (Wildman–Crippen MR) is 32.4 cm³/mol. The van der Waals surface area contributed by atoms with Crippen molar-refractivity contribution in [2.24, 2.45) is 0 Å². The van der Waals surface area contributed by atoms with Crippen LogP contribution in [0.5, 0.6) is 0 Å². The third-order valence-corrected chi connectivity index (χ3v) is 0.979. The maximum Gasteiger partial charge on any atom is 0.0622 e. The van der Waals surface area contributed by atoms with E-state index in [1.165, 1.54) is 5.56 Å². The lowest BCUT2D eigenvalue weighted by molar-refractivity contribution is 0.819. The van der Waals surface area contributed by atoms with Crippen LogP contribution >= 0.6 is 0 Å². The Balaban J connectivity index is 2.50. The summed E-state index contributed by atoms with van der Waals surface area (Å²) in [6.07, 6.45) is 4.78. The van der Waals surface area contributed by atoms with Crippen LogP contribution in [0.4, 0.5) is 0 Å². The summed E-state index contributed by atoms with van der Waals surface area (Å²) in [4.78, 5) is 2.85. The first-order valence-corrected chi connectivity index (χ1v) is 2.61. The summed E-state index contributed by atoms with van der Waals surface area (Å²) < 4.78 is 0. The van der Waals surface area contributed by atoms with E-state index >= 15 is 0 Å². The number of hydrogen-bond acceptors (Lipinski definition) is 1. The van der Waals surface area contributed by atoms with Gasteiger partial charge in [-0.25, -0.2) is 0 Å². The monoisotopic (exact) mass is 109 g/mol. The topological polar surface area (TPSA) is 27.8 Å². The molecule has 2 N–H and O–H groups in total. The molecule has 0 atom stereocenters. The molecule has 0 saturated carbocycles. The first kappa shape index (κ1) is 5.38. The highest BCUT2D eigenvalue weighted by atomic mass is 14.8. The number of hydrogen-bond donors (Lipinski definition) is 2. The van der Waals surface area contributed by atoms with Crippen LogP contribution in [0.2, 0.25) is 0 Å². The molecule has 2 heteroatoms. The number of H-pyrrole nitrogens is 1. The lowest BCUT2D eigenvalue weighted by Crippen LogP contribution is -2.03. The molecule has 1 aromatic rings. The highest BCUT2D eigenvalue weighted by Crippen LogP contribution is 1.92. The smallest absolute Gasteiger partial charge is 0.0622 e. The van der Waals surface area contributed by atoms with Crippen molar-refractivity contribution in [2.45, 2.75) is 6.54 Å². The molecule has 8 heavy (non-hydrogen) atoms. The van der Waals surface area contributed by atoms with Crippen LogP contribution in [0, 0.1) is 6.20 Å². The molecule has 1 rings (SSSR count). The summed E-state index contributed by atoms with van der Waals surface area (Å²) >= 11 is 0. The number of nitrogens with one attached hydrogen (secondary N) is 2. The summed E-state index contributed by atoms with van der Waals surface area (Å²) in [5, 5.41) is 3.03. The van der Waals surface area contributed by atoms with Gasteiger partial charge < -0.3 is 10.3 Å². The van der Waals surface area contributed by atoms with Gasteiger partial charge in [0, 0.05) is 12.7 Å². The molecule has 2 nitrogen and oxygen atoms in total. The maximum absolute atomic E-state index is 3.03. The van der Waals surface area contributed by atoms with Gasteiger partial charge in [-0.15, -0.1) is 0 Å². The Morgan fingerprint density at radius 2 is 2.75 bits per heavy atom. The highest BCUT2D eigenvalue weighted by molar-refractivity contribution is 5.06. The lowest BCUT2D eigenvalue weighted by Gasteiger charge is -1.89. The van der Waals surface area contributed by atoms with Crippen molar-refractivity contribution in [1.82, 2.24) is 10.3 Å². The molecule has 0 aliphatic rings. The zero-order valence-electron chi connectivity index (χ0n) is 4.86. The fraction of sp³-hybridized carbons (Fsp3) is 0.333. The SMILES string of the molecule is CNCc1c[c][nH]c1. The van der Waals surface area contributed by atoms with Crippen molar-refractivity contribution < 1.29 is 0 Å². The second-order valence-electron chi connectivity index (χ2n) is 1.68. The number of aromatic nitrogens is 1. The van der Waals surface area contributed by atoms with Crippen LogP contribution < -0.4 is 5.32 Å². The average molecular weight is 109 g/mol. The van der Waals surface area contributed by atoms with Gasteiger partial charge in [-0.3, -0.25) is 0 Å². The van der Waals surface area contributed by atoms with Gasteiger partial charge in [0.15, 0.2) is 0 Å². The fourth-order valence-corrected chi connectivity index (χ4v) is 0.617. The maximum atomic E-state index is 3.03. The Kier molecular flexibility index (Phi) is 1.70. The molecule has 0 spiro atoms. The Morgan fingerprint density at radius 3 is 3.25 bits per heavy atom. The zero-order valence-corrected chi connectivity index (χ0v) is 4.86. The van der Waals surface area contributed by atoms with E-state index in [0.717, 1.165) is 6.54 Å². The van der Waals surface area contributed by atoms with Gasteiger partial charge in [0.1, 0.15) is 0 Å². The first-order chi connectivity index (χ1) is 3.93. The van der Waals surface area contributed by atoms with Crippen molar-refractivity contribution in [2.75, 3.05) is 7.05 Å². The van der Waals surface area contributed by atoms with Crippen LogP contribution in [0.15, 0.2) is 12.3 Å². The second-order valence-corrected chi connectivity index (χ2v) is 1.68. The molecule has 0 saturated heterocycles. The molecule has 43 valence electrons. The molecule has 0 amide bonds. The van der Waals surface area contributed by atoms with Gasteiger partial charge in [0.2, 0.25) is 0 Å². The van der Waals surface area contributed by atoms with Crippen LogP contribution in [0.25, 0.3) is 0 Å². The summed E-state index contributed by atoms with van der Waals surface area (Å²) in [5.74, 6) is 0. The molecule has 0 unspecified atom stereocenters. The molecule has 0 fully saturated rings. The van der Waals surface area contributed by atoms with Crippen molar-refractivity contribution in [1.29, 1.82) is 0 Å². The molecule has 1 radical (unpaired) electrons. The van der Waals surface area contributed by atoms with E-state index < -0.39 is 0 Å². The second kappa shape index (κ2) is 2.52. The van der Waals surface area contributed by atoms with Crippen molar-refractivity contribution in [3.05, 3.63) is 24.0 Å². The number of rotatable bonds is 2. The minimum atomic E-state index is 0.917. The quantitative estimate of drug-likeness (QED) is 0.569. The fourth-order valence-electron chi connectivity index (χ4n) is 0.617. The predicted octanol–water partition coefficient (Wildman–Crippen LogP) is 0.534. The van der Waals surface area contributed by atoms with Crippen LogP contribution in [-0.4, -0.2) is 12.0 Å². The minimum Gasteiger partial charge on any atom is -0.360 e. The molecular weight excluding hydrogens is 100 g/mol. The molecule has 0 aliphatic heterocycles. The standard InChI is InChI=1S/C6H9N2/c1-7-4-6-2-3-8-5-6/h2,5,7-8H,4H2,1H3. The van der Waals surface area contributed by atoms with Gasteiger partial charge in [0.05, 0.1) is 6.20 Å². The lowest BCUT2D eigenvalue weighted by atomic mass is 10.3. The zero-order chi connectivity index (χ0) is 5.82. The largest absolute Gasteiger partial charge is 0.360 e. The van der Waals surface area contributed by atoms with E-state index in [1.807, 2.05) is 19.3 Å². The van der Waals surface area contributed by atoms with E-state index in [-0.39, 0.29) is 0 Å². The van der Waals surface area contributed by atoms with Gasteiger partial charge in [0.25, 0.3) is 0 Å². The minimum absolute atomic E-state index is 0.917. The Hall–Kier alpha value is -0.760. The van der Waals surface area contributed by atoms with Crippen LogP contribution in [0.1, 0.15) is 5.56 Å². The van der Waals surface area contributed by atoms with Crippen LogP contribution in [-0.2, 0) is 6.54 Å². The third-order valence-electron chi connectivity index (χ3n) is 0.979. The van der Waals surface area contributed by atoms with E-state index in [9.17, 15) is 0 Å². The summed E-state index contributed by atoms with van der Waals surface area (Å²) in [6.45, 7) is 0.917. The van der Waals surface area contributed by atoms with Crippen LogP contribution in [0.3, 0.4) is 0 Å². The molecule has 1 heterocycles. The van der Waals surface area contributed by atoms with Crippen molar-refractivity contribution in [3.8, 4) is 0 Å². The third kappa shape index (κ3) is 1.10. The van der Waals surface area contributed by atoms with Crippen molar-refractivity contribution >= 4 is 0 Å². The average Bonchev–Trinajstić information content (AvgIpc) is 2.19. The van der Waals surface area contributed by atoms with Gasteiger partial charge >= 0.3 is 0 Å². The Labute approximate surface area is 48.9 Å². The normalized spacial score (nSPS) is 9.62. The molecular formula is C6H9N2. The van der Waals surface area contributed by atoms with E-state index in [1.54, 1.807) is 0 Å².